The highest BCUT2D eigenvalue weighted by Crippen LogP contribution is 2.29. The summed E-state index contributed by atoms with van der Waals surface area (Å²) in [5.41, 5.74) is 0. The van der Waals surface area contributed by atoms with Gasteiger partial charge in [-0.15, -0.1) is 0 Å². The maximum Gasteiger partial charge on any atom is 0.163 e. The molecule has 1 aliphatic rings. The van der Waals surface area contributed by atoms with E-state index in [1.165, 1.54) is 0 Å². The highest BCUT2D eigenvalue weighted by molar-refractivity contribution is 4.81. The van der Waals surface area contributed by atoms with Gasteiger partial charge in [0, 0.05) is 0 Å². The Morgan fingerprint density at radius 1 is 1.36 bits per heavy atom. The number of hydrogen-bond acceptors (Lipinski definition) is 3. The van der Waals surface area contributed by atoms with Gasteiger partial charge in [-0.25, -0.2) is 0 Å². The molecule has 1 aliphatic heterocycles. The van der Waals surface area contributed by atoms with Gasteiger partial charge in [-0.1, -0.05) is 0 Å². The van der Waals surface area contributed by atoms with Crippen LogP contribution in [0.25, 0.3) is 0 Å². The molecule has 11 heavy (non-hydrogen) atoms. The van der Waals surface area contributed by atoms with Crippen molar-refractivity contribution >= 4 is 0 Å². The lowest BCUT2D eigenvalue weighted by molar-refractivity contribution is -0.153. The van der Waals surface area contributed by atoms with Crippen molar-refractivity contribution in [3.8, 4) is 0 Å². The minimum atomic E-state index is -0.541. The summed E-state index contributed by atoms with van der Waals surface area (Å²) in [5.74, 6) is -0.541. The van der Waals surface area contributed by atoms with E-state index in [0.29, 0.717) is 0 Å². The van der Waals surface area contributed by atoms with Crippen LogP contribution in [0, 0.1) is 0 Å². The molecule has 1 unspecified atom stereocenters. The largest absolute Gasteiger partial charge is 0.391 e. The maximum absolute atomic E-state index is 9.25. The smallest absolute Gasteiger partial charge is 0.163 e. The molecule has 0 aromatic heterocycles. The van der Waals surface area contributed by atoms with E-state index in [2.05, 4.69) is 0 Å². The summed E-state index contributed by atoms with van der Waals surface area (Å²) in [4.78, 5) is 0. The summed E-state index contributed by atoms with van der Waals surface area (Å²) in [6, 6.07) is 0. The van der Waals surface area contributed by atoms with E-state index in [4.69, 9.17) is 9.47 Å². The van der Waals surface area contributed by atoms with E-state index < -0.39 is 11.9 Å². The van der Waals surface area contributed by atoms with E-state index in [1.807, 2.05) is 20.8 Å². The average molecular weight is 160 g/mol. The van der Waals surface area contributed by atoms with Crippen LogP contribution in [-0.2, 0) is 9.47 Å². The number of ether oxygens (including phenoxy) is 2. The molecule has 0 aliphatic carbocycles. The first kappa shape index (κ1) is 8.97. The Hall–Kier alpha value is -0.120. The third-order valence-corrected chi connectivity index (χ3v) is 1.83. The minimum absolute atomic E-state index is 0.0231. The molecular weight excluding hydrogens is 144 g/mol. The summed E-state index contributed by atoms with van der Waals surface area (Å²) in [7, 11) is 0. The van der Waals surface area contributed by atoms with Crippen molar-refractivity contribution in [1.82, 2.24) is 0 Å². The van der Waals surface area contributed by atoms with Crippen LogP contribution in [0.2, 0.25) is 0 Å². The summed E-state index contributed by atoms with van der Waals surface area (Å²) in [6.45, 7) is 7.33. The van der Waals surface area contributed by atoms with E-state index in [9.17, 15) is 5.11 Å². The average Bonchev–Trinajstić information content (AvgIpc) is 2.05. The lowest BCUT2D eigenvalue weighted by Gasteiger charge is -2.18. The van der Waals surface area contributed by atoms with Gasteiger partial charge in [-0.3, -0.25) is 0 Å². The van der Waals surface area contributed by atoms with Crippen LogP contribution >= 0.6 is 0 Å². The van der Waals surface area contributed by atoms with Crippen LogP contribution in [0.5, 0.6) is 0 Å². The zero-order chi connectivity index (χ0) is 8.65. The molecule has 3 heteroatoms. The number of aliphatic hydroxyl groups excluding tert-OH is 1. The molecule has 1 N–H and O–H groups in total. The van der Waals surface area contributed by atoms with Gasteiger partial charge in [-0.2, -0.15) is 0 Å². The fourth-order valence-corrected chi connectivity index (χ4v) is 1.46. The Bertz CT molecular complexity index is 142. The van der Waals surface area contributed by atoms with Crippen molar-refractivity contribution in [1.29, 1.82) is 0 Å². The van der Waals surface area contributed by atoms with Crippen LogP contribution in [0.3, 0.4) is 0 Å². The van der Waals surface area contributed by atoms with Crippen molar-refractivity contribution in [2.45, 2.75) is 51.8 Å². The van der Waals surface area contributed by atoms with Crippen molar-refractivity contribution in [2.75, 3.05) is 0 Å². The molecule has 1 heterocycles. The van der Waals surface area contributed by atoms with Gasteiger partial charge in [0.25, 0.3) is 0 Å². The molecule has 0 saturated carbocycles. The lowest BCUT2D eigenvalue weighted by Crippen LogP contribution is -2.31. The zero-order valence-electron chi connectivity index (χ0n) is 7.50. The van der Waals surface area contributed by atoms with Crippen LogP contribution < -0.4 is 0 Å². The Kier molecular flexibility index (Phi) is 2.23. The molecule has 0 spiro atoms. The topological polar surface area (TPSA) is 38.7 Å². The van der Waals surface area contributed by atoms with Crippen LogP contribution in [0.1, 0.15) is 27.7 Å². The molecule has 0 bridgehead atoms. The van der Waals surface area contributed by atoms with E-state index in [1.54, 1.807) is 6.92 Å². The van der Waals surface area contributed by atoms with Crippen molar-refractivity contribution < 1.29 is 14.6 Å². The van der Waals surface area contributed by atoms with Gasteiger partial charge in [0.05, 0.1) is 12.2 Å². The fourth-order valence-electron chi connectivity index (χ4n) is 1.46. The van der Waals surface area contributed by atoms with Gasteiger partial charge in [0.15, 0.2) is 5.79 Å². The molecule has 0 aromatic rings. The highest BCUT2D eigenvalue weighted by atomic mass is 16.8. The highest BCUT2D eigenvalue weighted by Gasteiger charge is 2.40. The van der Waals surface area contributed by atoms with Crippen molar-refractivity contribution in [3.63, 3.8) is 0 Å². The summed E-state index contributed by atoms with van der Waals surface area (Å²) in [5, 5.41) is 9.25. The van der Waals surface area contributed by atoms with Gasteiger partial charge < -0.3 is 14.6 Å². The van der Waals surface area contributed by atoms with E-state index >= 15 is 0 Å². The fraction of sp³-hybridized carbons (Fsp3) is 1.00. The monoisotopic (exact) mass is 160 g/mol. The van der Waals surface area contributed by atoms with Crippen molar-refractivity contribution in [3.05, 3.63) is 0 Å². The Morgan fingerprint density at radius 2 is 1.91 bits per heavy atom. The first-order valence-electron chi connectivity index (χ1n) is 3.96. The Balaban J connectivity index is 2.59. The Labute approximate surface area is 67.3 Å². The van der Waals surface area contributed by atoms with Gasteiger partial charge in [-0.05, 0) is 27.7 Å². The van der Waals surface area contributed by atoms with Gasteiger partial charge >= 0.3 is 0 Å². The second-order valence-corrected chi connectivity index (χ2v) is 3.55. The molecule has 1 rings (SSSR count). The van der Waals surface area contributed by atoms with Gasteiger partial charge in [0.2, 0.25) is 0 Å². The second-order valence-electron chi connectivity index (χ2n) is 3.55. The molecule has 0 radical (unpaired) electrons. The molecule has 3 nitrogen and oxygen atoms in total. The molecule has 3 atom stereocenters. The normalized spacial score (nSPS) is 39.0. The Morgan fingerprint density at radius 3 is 2.09 bits per heavy atom. The zero-order valence-corrected chi connectivity index (χ0v) is 7.50. The maximum atomic E-state index is 9.25. The van der Waals surface area contributed by atoms with Gasteiger partial charge in [0.1, 0.15) is 6.10 Å². The third-order valence-electron chi connectivity index (χ3n) is 1.83. The quantitative estimate of drug-likeness (QED) is 0.619. The third kappa shape index (κ3) is 1.92. The molecule has 1 fully saturated rings. The molecule has 0 amide bonds. The minimum Gasteiger partial charge on any atom is -0.391 e. The number of rotatable bonds is 1. The van der Waals surface area contributed by atoms with Crippen LogP contribution in [-0.4, -0.2) is 29.2 Å². The van der Waals surface area contributed by atoms with Crippen LogP contribution in [0.15, 0.2) is 0 Å². The molecule has 0 aromatic carbocycles. The number of aliphatic hydroxyl groups is 1. The first-order valence-corrected chi connectivity index (χ1v) is 3.96. The predicted molar refractivity (Wildman–Crippen MR) is 41.2 cm³/mol. The van der Waals surface area contributed by atoms with E-state index in [-0.39, 0.29) is 12.2 Å². The first-order chi connectivity index (χ1) is 4.92. The summed E-state index contributed by atoms with van der Waals surface area (Å²) >= 11 is 0. The molecular formula is C8H16O3. The number of hydrogen-bond donors (Lipinski definition) is 1. The predicted octanol–water partition coefficient (Wildman–Crippen LogP) is 0.907. The molecule has 66 valence electrons. The summed E-state index contributed by atoms with van der Waals surface area (Å²) < 4.78 is 10.9. The second kappa shape index (κ2) is 2.73. The molecule has 1 saturated heterocycles. The summed E-state index contributed by atoms with van der Waals surface area (Å²) in [6.07, 6.45) is -0.679. The SMILES string of the molecule is CC1OC(C)(C)O[C@@H]1[C@H](C)O. The lowest BCUT2D eigenvalue weighted by atomic mass is 10.1. The van der Waals surface area contributed by atoms with Crippen molar-refractivity contribution in [2.24, 2.45) is 0 Å². The van der Waals surface area contributed by atoms with Crippen LogP contribution in [0.4, 0.5) is 0 Å². The van der Waals surface area contributed by atoms with E-state index in [0.717, 1.165) is 0 Å². The standard InChI is InChI=1S/C8H16O3/c1-5(9)7-6(2)10-8(3,4)11-7/h5-7,9H,1-4H3/t5-,6?,7+/m0/s1.